The Morgan fingerprint density at radius 3 is 2.60 bits per heavy atom. The Bertz CT molecular complexity index is 1260. The standard InChI is InChI=1S/C24H21ClN4O6/c1-2-34-22-12-16(14-26-28-24(31)17-6-5-7-18(13-17)29(32)33)10-11-21(22)35-15-23(30)27-20-9-4-3-8-19(20)25/h3-14H,2,15H2,1H3,(H,27,30)(H,28,31)/b26-14+. The largest absolute Gasteiger partial charge is 0.490 e. The van der Waals surface area contributed by atoms with Crippen molar-refractivity contribution in [3.63, 3.8) is 0 Å². The number of hydrogen-bond acceptors (Lipinski definition) is 7. The number of carbonyl (C=O) groups is 2. The van der Waals surface area contributed by atoms with Gasteiger partial charge in [-0.1, -0.05) is 29.8 Å². The molecule has 0 atom stereocenters. The fourth-order valence-corrected chi connectivity index (χ4v) is 3.06. The van der Waals surface area contributed by atoms with Crippen LogP contribution in [0.3, 0.4) is 0 Å². The van der Waals surface area contributed by atoms with Crippen LogP contribution in [-0.4, -0.2) is 36.2 Å². The predicted molar refractivity (Wildman–Crippen MR) is 131 cm³/mol. The average molecular weight is 497 g/mol. The van der Waals surface area contributed by atoms with Gasteiger partial charge < -0.3 is 14.8 Å². The average Bonchev–Trinajstić information content (AvgIpc) is 2.85. The second-order valence-corrected chi connectivity index (χ2v) is 7.37. The van der Waals surface area contributed by atoms with Gasteiger partial charge in [-0.05, 0) is 48.9 Å². The first-order chi connectivity index (χ1) is 16.9. The zero-order valence-electron chi connectivity index (χ0n) is 18.6. The number of amides is 2. The number of nitro groups is 1. The molecule has 10 nitrogen and oxygen atoms in total. The van der Waals surface area contributed by atoms with Gasteiger partial charge in [0.2, 0.25) is 0 Å². The summed E-state index contributed by atoms with van der Waals surface area (Å²) in [5.41, 5.74) is 3.29. The maximum absolute atomic E-state index is 12.2. The molecule has 0 aromatic heterocycles. The fraction of sp³-hybridized carbons (Fsp3) is 0.125. The highest BCUT2D eigenvalue weighted by molar-refractivity contribution is 6.33. The van der Waals surface area contributed by atoms with Gasteiger partial charge in [-0.2, -0.15) is 5.10 Å². The number of non-ortho nitro benzene ring substituents is 1. The van der Waals surface area contributed by atoms with E-state index in [-0.39, 0.29) is 17.9 Å². The molecule has 11 heteroatoms. The quantitative estimate of drug-likeness (QED) is 0.242. The lowest BCUT2D eigenvalue weighted by atomic mass is 10.2. The van der Waals surface area contributed by atoms with Gasteiger partial charge >= 0.3 is 0 Å². The minimum absolute atomic E-state index is 0.102. The summed E-state index contributed by atoms with van der Waals surface area (Å²) in [6.45, 7) is 1.89. The first-order valence-electron chi connectivity index (χ1n) is 10.4. The molecule has 0 aliphatic carbocycles. The molecule has 0 radical (unpaired) electrons. The lowest BCUT2D eigenvalue weighted by molar-refractivity contribution is -0.384. The number of nitrogens with zero attached hydrogens (tertiary/aromatic N) is 2. The highest BCUT2D eigenvalue weighted by Gasteiger charge is 2.12. The third-order valence-corrected chi connectivity index (χ3v) is 4.80. The van der Waals surface area contributed by atoms with Crippen LogP contribution < -0.4 is 20.2 Å². The molecule has 0 saturated heterocycles. The van der Waals surface area contributed by atoms with Crippen molar-refractivity contribution in [1.29, 1.82) is 0 Å². The van der Waals surface area contributed by atoms with Gasteiger partial charge in [0, 0.05) is 17.7 Å². The van der Waals surface area contributed by atoms with E-state index in [1.165, 1.54) is 24.4 Å². The van der Waals surface area contributed by atoms with Crippen LogP contribution in [0.15, 0.2) is 71.8 Å². The van der Waals surface area contributed by atoms with Gasteiger partial charge in [0.25, 0.3) is 17.5 Å². The molecule has 0 bridgehead atoms. The predicted octanol–water partition coefficient (Wildman–Crippen LogP) is 4.43. The van der Waals surface area contributed by atoms with E-state index in [0.29, 0.717) is 34.4 Å². The van der Waals surface area contributed by atoms with Crippen LogP contribution in [0.2, 0.25) is 5.02 Å². The minimum atomic E-state index is -0.598. The van der Waals surface area contributed by atoms with E-state index >= 15 is 0 Å². The Labute approximate surface area is 205 Å². The van der Waals surface area contributed by atoms with E-state index in [4.69, 9.17) is 21.1 Å². The molecule has 3 aromatic carbocycles. The third-order valence-electron chi connectivity index (χ3n) is 4.47. The topological polar surface area (TPSA) is 132 Å². The molecule has 0 heterocycles. The van der Waals surface area contributed by atoms with E-state index in [0.717, 1.165) is 6.07 Å². The van der Waals surface area contributed by atoms with Gasteiger partial charge in [-0.3, -0.25) is 19.7 Å². The van der Waals surface area contributed by atoms with Gasteiger partial charge in [-0.15, -0.1) is 0 Å². The van der Waals surface area contributed by atoms with E-state index in [9.17, 15) is 19.7 Å². The Hall–Kier alpha value is -4.44. The van der Waals surface area contributed by atoms with Crippen molar-refractivity contribution in [2.24, 2.45) is 5.10 Å². The third kappa shape index (κ3) is 7.27. The summed E-state index contributed by atoms with van der Waals surface area (Å²) in [6.07, 6.45) is 1.38. The molecule has 0 spiro atoms. The summed E-state index contributed by atoms with van der Waals surface area (Å²) in [5.74, 6) is -0.263. The molecule has 0 aliphatic heterocycles. The van der Waals surface area contributed by atoms with Crippen LogP contribution in [0.5, 0.6) is 11.5 Å². The lowest BCUT2D eigenvalue weighted by Crippen LogP contribution is -2.20. The zero-order valence-corrected chi connectivity index (χ0v) is 19.3. The number of halogens is 1. The Morgan fingerprint density at radius 2 is 1.86 bits per heavy atom. The van der Waals surface area contributed by atoms with Crippen molar-refractivity contribution in [3.05, 3.63) is 93.0 Å². The van der Waals surface area contributed by atoms with Crippen LogP contribution in [0.4, 0.5) is 11.4 Å². The van der Waals surface area contributed by atoms with E-state index in [1.54, 1.807) is 49.4 Å². The second-order valence-electron chi connectivity index (χ2n) is 6.96. The maximum atomic E-state index is 12.2. The number of hydrazone groups is 1. The number of hydrogen-bond donors (Lipinski definition) is 2. The normalized spacial score (nSPS) is 10.6. The summed E-state index contributed by atoms with van der Waals surface area (Å²) in [6, 6.07) is 17.1. The van der Waals surface area contributed by atoms with Crippen molar-refractivity contribution in [1.82, 2.24) is 5.43 Å². The van der Waals surface area contributed by atoms with Crippen LogP contribution in [0.1, 0.15) is 22.8 Å². The molecular formula is C24H21ClN4O6. The zero-order chi connectivity index (χ0) is 25.2. The van der Waals surface area contributed by atoms with Crippen molar-refractivity contribution < 1.29 is 24.0 Å². The summed E-state index contributed by atoms with van der Waals surface area (Å²) >= 11 is 6.04. The first-order valence-corrected chi connectivity index (χ1v) is 10.8. The van der Waals surface area contributed by atoms with E-state index in [1.807, 2.05) is 0 Å². The smallest absolute Gasteiger partial charge is 0.271 e. The van der Waals surface area contributed by atoms with Crippen molar-refractivity contribution in [3.8, 4) is 11.5 Å². The second kappa shape index (κ2) is 12.1. The van der Waals surface area contributed by atoms with Gasteiger partial charge in [-0.25, -0.2) is 5.43 Å². The molecule has 0 aliphatic rings. The van der Waals surface area contributed by atoms with Crippen LogP contribution in [-0.2, 0) is 4.79 Å². The molecule has 2 N–H and O–H groups in total. The molecule has 0 saturated carbocycles. The summed E-state index contributed by atoms with van der Waals surface area (Å²) < 4.78 is 11.2. The minimum Gasteiger partial charge on any atom is -0.490 e. The molecule has 2 amide bonds. The number of carbonyl (C=O) groups excluding carboxylic acids is 2. The van der Waals surface area contributed by atoms with Crippen LogP contribution >= 0.6 is 11.6 Å². The molecule has 35 heavy (non-hydrogen) atoms. The number of nitrogens with one attached hydrogen (secondary N) is 2. The highest BCUT2D eigenvalue weighted by Crippen LogP contribution is 2.28. The molecule has 0 fully saturated rings. The van der Waals surface area contributed by atoms with E-state index < -0.39 is 16.7 Å². The van der Waals surface area contributed by atoms with Crippen LogP contribution in [0.25, 0.3) is 0 Å². The van der Waals surface area contributed by atoms with E-state index in [2.05, 4.69) is 15.8 Å². The molecular weight excluding hydrogens is 476 g/mol. The van der Waals surface area contributed by atoms with Gasteiger partial charge in [0.1, 0.15) is 0 Å². The SMILES string of the molecule is CCOc1cc(/C=N/NC(=O)c2cccc([N+](=O)[O-])c2)ccc1OCC(=O)Nc1ccccc1Cl. The maximum Gasteiger partial charge on any atom is 0.271 e. The number of benzene rings is 3. The van der Waals surface area contributed by atoms with Gasteiger partial charge in [0.05, 0.1) is 28.5 Å². The number of para-hydroxylation sites is 1. The van der Waals surface area contributed by atoms with Crippen LogP contribution in [0, 0.1) is 10.1 Å². The summed E-state index contributed by atoms with van der Waals surface area (Å²) in [5, 5.41) is 17.8. The van der Waals surface area contributed by atoms with Crippen molar-refractivity contribution in [2.45, 2.75) is 6.92 Å². The number of ether oxygens (including phenoxy) is 2. The highest BCUT2D eigenvalue weighted by atomic mass is 35.5. The Balaban J connectivity index is 1.62. The summed E-state index contributed by atoms with van der Waals surface area (Å²) in [4.78, 5) is 34.7. The summed E-state index contributed by atoms with van der Waals surface area (Å²) in [7, 11) is 0. The molecule has 180 valence electrons. The van der Waals surface area contributed by atoms with Crippen molar-refractivity contribution >= 4 is 41.0 Å². The first kappa shape index (κ1) is 25.2. The lowest BCUT2D eigenvalue weighted by Gasteiger charge is -2.13. The number of anilines is 1. The molecule has 3 rings (SSSR count). The van der Waals surface area contributed by atoms with Gasteiger partial charge in [0.15, 0.2) is 18.1 Å². The monoisotopic (exact) mass is 496 g/mol. The molecule has 3 aromatic rings. The molecule has 0 unspecified atom stereocenters. The Morgan fingerprint density at radius 1 is 1.06 bits per heavy atom. The number of nitro benzene ring substituents is 1. The Kier molecular flexibility index (Phi) is 8.74. The number of rotatable bonds is 10. The van der Waals surface area contributed by atoms with Crippen molar-refractivity contribution in [2.75, 3.05) is 18.5 Å². The fourth-order valence-electron chi connectivity index (χ4n) is 2.88.